The molecule has 2 aliphatic rings. The summed E-state index contributed by atoms with van der Waals surface area (Å²) in [6, 6.07) is 7.16. The standard InChI is InChI=1S/C18H26ClN5O2S.C9H9ClN4O2S.ClHO/c1-12(2)9-23(10-13(3)4)11-20-27(25,26)18-17(19)21-16-8-7-15(14-5-6-14)22-24(16)18;10-8-9(17(11,15)16)14-7(12-8)4-3-6(13-14)5-1-2-5;1-2/h7-8,11-14H,5-6,9-10H2,1-4H3;3-5H,1-2H2,(H2,11,15,16);2H. The SMILES string of the molecule is CC(C)CN(C=NS(=O)(=O)c1c(Cl)nc2ccc(C3CC3)nn12)CC(C)C.NS(=O)(=O)c1c(Cl)nc2ccc(C3CC3)nn12.OCl. The minimum Gasteiger partial charge on any atom is -0.361 e. The Labute approximate surface area is 282 Å². The van der Waals surface area contributed by atoms with Gasteiger partial charge < -0.3 is 4.90 Å². The monoisotopic (exact) mass is 735 g/mol. The number of nitrogens with zero attached hydrogens (tertiary/aromatic N) is 8. The van der Waals surface area contributed by atoms with E-state index in [1.807, 2.05) is 17.0 Å². The van der Waals surface area contributed by atoms with Crippen molar-refractivity contribution in [2.75, 3.05) is 13.1 Å². The number of sulfonamides is 2. The minimum absolute atomic E-state index is 0.105. The van der Waals surface area contributed by atoms with Crippen LogP contribution < -0.4 is 5.14 Å². The molecule has 0 amide bonds. The molecule has 4 aromatic heterocycles. The molecule has 2 aliphatic carbocycles. The lowest BCUT2D eigenvalue weighted by Gasteiger charge is -2.23. The zero-order valence-corrected chi connectivity index (χ0v) is 29.5. The summed E-state index contributed by atoms with van der Waals surface area (Å²) in [6.45, 7) is 9.78. The van der Waals surface area contributed by atoms with Gasteiger partial charge in [-0.25, -0.2) is 23.5 Å². The zero-order valence-electron chi connectivity index (χ0n) is 25.6. The molecule has 6 rings (SSSR count). The number of rotatable bonds is 10. The second kappa shape index (κ2) is 14.7. The van der Waals surface area contributed by atoms with E-state index in [9.17, 15) is 16.8 Å². The van der Waals surface area contributed by atoms with E-state index in [2.05, 4.69) is 64.1 Å². The van der Waals surface area contributed by atoms with Crippen molar-refractivity contribution in [1.29, 1.82) is 0 Å². The Kier molecular flexibility index (Phi) is 11.6. The Balaban J connectivity index is 0.000000216. The van der Waals surface area contributed by atoms with Crippen LogP contribution in [0.3, 0.4) is 0 Å². The molecule has 0 aromatic carbocycles. The summed E-state index contributed by atoms with van der Waals surface area (Å²) < 4.78 is 61.5. The summed E-state index contributed by atoms with van der Waals surface area (Å²) in [5.41, 5.74) is 2.48. The second-order valence-electron chi connectivity index (χ2n) is 12.0. The predicted octanol–water partition coefficient (Wildman–Crippen LogP) is 4.63. The van der Waals surface area contributed by atoms with E-state index in [4.69, 9.17) is 33.0 Å². The molecule has 0 bridgehead atoms. The van der Waals surface area contributed by atoms with Gasteiger partial charge in [-0.1, -0.05) is 50.9 Å². The highest BCUT2D eigenvalue weighted by molar-refractivity contribution is 7.90. The maximum atomic E-state index is 12.9. The highest BCUT2D eigenvalue weighted by Crippen LogP contribution is 2.40. The Hall–Kier alpha value is -2.60. The van der Waals surface area contributed by atoms with Gasteiger partial charge in [0.15, 0.2) is 21.6 Å². The van der Waals surface area contributed by atoms with Crippen LogP contribution in [0, 0.1) is 11.8 Å². The third-order valence-corrected chi connectivity index (χ3v) is 9.77. The van der Waals surface area contributed by atoms with Crippen molar-refractivity contribution in [2.45, 2.75) is 75.3 Å². The van der Waals surface area contributed by atoms with Crippen molar-refractivity contribution in [3.63, 3.8) is 0 Å². The van der Waals surface area contributed by atoms with Crippen LogP contribution in [0.25, 0.3) is 11.3 Å². The van der Waals surface area contributed by atoms with Crippen LogP contribution >= 0.6 is 35.1 Å². The van der Waals surface area contributed by atoms with Crippen LogP contribution in [0.4, 0.5) is 0 Å². The fourth-order valence-corrected chi connectivity index (χ4v) is 7.31. The first kappa shape index (κ1) is 36.2. The minimum atomic E-state index is -4.03. The lowest BCUT2D eigenvalue weighted by Crippen LogP contribution is -2.30. The molecule has 0 atom stereocenters. The van der Waals surface area contributed by atoms with E-state index in [0.29, 0.717) is 35.0 Å². The molecule has 3 N–H and O–H groups in total. The Morgan fingerprint density at radius 2 is 1.26 bits per heavy atom. The molecule has 2 saturated carbocycles. The van der Waals surface area contributed by atoms with Crippen LogP contribution in [0.15, 0.2) is 38.7 Å². The van der Waals surface area contributed by atoms with Gasteiger partial charge in [0.2, 0.25) is 10.1 Å². The fourth-order valence-electron chi connectivity index (χ4n) is 4.73. The van der Waals surface area contributed by atoms with Crippen molar-refractivity contribution in [3.05, 3.63) is 46.0 Å². The molecule has 0 saturated heterocycles. The molecule has 0 unspecified atom stereocenters. The van der Waals surface area contributed by atoms with Crippen molar-refractivity contribution in [1.82, 2.24) is 34.1 Å². The summed E-state index contributed by atoms with van der Waals surface area (Å²) in [4.78, 5) is 9.95. The second-order valence-corrected chi connectivity index (χ2v) is 15.7. The van der Waals surface area contributed by atoms with Crippen LogP contribution in [0.5, 0.6) is 0 Å². The Morgan fingerprint density at radius 3 is 1.65 bits per heavy atom. The predicted molar refractivity (Wildman–Crippen MR) is 176 cm³/mol. The first-order valence-electron chi connectivity index (χ1n) is 14.5. The van der Waals surface area contributed by atoms with Crippen LogP contribution in [-0.2, 0) is 20.0 Å². The average Bonchev–Trinajstić information content (AvgIpc) is 3.89. The van der Waals surface area contributed by atoms with Gasteiger partial charge in [0.1, 0.15) is 6.34 Å². The zero-order chi connectivity index (χ0) is 34.0. The summed E-state index contributed by atoms with van der Waals surface area (Å²) in [5, 5.41) is 13.1. The molecular formula is C27H36Cl3N9O5S2. The van der Waals surface area contributed by atoms with E-state index in [1.165, 1.54) is 15.4 Å². The molecule has 14 nitrogen and oxygen atoms in total. The number of hydrogen-bond acceptors (Lipinski definition) is 9. The molecule has 0 aliphatic heterocycles. The smallest absolute Gasteiger partial charge is 0.304 e. The molecule has 4 heterocycles. The van der Waals surface area contributed by atoms with Crippen molar-refractivity contribution in [3.8, 4) is 0 Å². The number of primary sulfonamides is 1. The maximum absolute atomic E-state index is 12.9. The van der Waals surface area contributed by atoms with Crippen LogP contribution in [-0.4, -0.2) is 75.0 Å². The van der Waals surface area contributed by atoms with Gasteiger partial charge in [0.05, 0.1) is 23.3 Å². The van der Waals surface area contributed by atoms with Crippen molar-refractivity contribution in [2.24, 2.45) is 21.4 Å². The van der Waals surface area contributed by atoms with Gasteiger partial charge in [-0.3, -0.25) is 4.66 Å². The number of hydrogen-bond donors (Lipinski definition) is 2. The molecule has 0 radical (unpaired) electrons. The van der Waals surface area contributed by atoms with Crippen LogP contribution in [0.1, 0.15) is 76.6 Å². The van der Waals surface area contributed by atoms with E-state index < -0.39 is 20.0 Å². The molecular weight excluding hydrogens is 701 g/mol. The van der Waals surface area contributed by atoms with Gasteiger partial charge in [-0.05, 0) is 61.8 Å². The largest absolute Gasteiger partial charge is 0.361 e. The van der Waals surface area contributed by atoms with Crippen molar-refractivity contribution < 1.29 is 21.5 Å². The molecule has 19 heteroatoms. The topological polar surface area (TPSA) is 191 Å². The van der Waals surface area contributed by atoms with Gasteiger partial charge >= 0.3 is 10.0 Å². The number of aromatic nitrogens is 6. The number of halogens is 3. The van der Waals surface area contributed by atoms with E-state index in [-0.39, 0.29) is 20.4 Å². The quantitative estimate of drug-likeness (QED) is 0.171. The fraction of sp³-hybridized carbons (Fsp3) is 0.519. The average molecular weight is 737 g/mol. The highest BCUT2D eigenvalue weighted by atomic mass is 35.5. The summed E-state index contributed by atoms with van der Waals surface area (Å²) in [7, 11) is -7.96. The van der Waals surface area contributed by atoms with Crippen molar-refractivity contribution >= 4 is 72.7 Å². The molecule has 2 fully saturated rings. The summed E-state index contributed by atoms with van der Waals surface area (Å²) in [6.07, 6.45) is 5.69. The third-order valence-electron chi connectivity index (χ3n) is 6.89. The lowest BCUT2D eigenvalue weighted by molar-refractivity contribution is 0.336. The summed E-state index contributed by atoms with van der Waals surface area (Å²) in [5.74, 6) is 1.58. The third kappa shape index (κ3) is 8.85. The van der Waals surface area contributed by atoms with Gasteiger partial charge in [-0.2, -0.15) is 27.6 Å². The van der Waals surface area contributed by atoms with Gasteiger partial charge in [0, 0.05) is 24.9 Å². The van der Waals surface area contributed by atoms with E-state index >= 15 is 0 Å². The lowest BCUT2D eigenvalue weighted by atomic mass is 10.1. The highest BCUT2D eigenvalue weighted by Gasteiger charge is 2.30. The normalized spacial score (nSPS) is 15.4. The molecule has 252 valence electrons. The van der Waals surface area contributed by atoms with Gasteiger partial charge in [0.25, 0.3) is 10.0 Å². The Bertz CT molecular complexity index is 1930. The number of nitrogens with two attached hydrogens (primary N) is 1. The van der Waals surface area contributed by atoms with Crippen LogP contribution in [0.2, 0.25) is 10.3 Å². The number of fused-ring (bicyclic) bond motifs is 2. The first-order valence-corrected chi connectivity index (χ1v) is 18.6. The molecule has 0 spiro atoms. The summed E-state index contributed by atoms with van der Waals surface area (Å²) >= 11 is 15.6. The maximum Gasteiger partial charge on any atom is 0.304 e. The molecule has 46 heavy (non-hydrogen) atoms. The van der Waals surface area contributed by atoms with Gasteiger partial charge in [-0.15, -0.1) is 4.40 Å². The first-order chi connectivity index (χ1) is 21.6. The number of imidazole rings is 2. The Morgan fingerprint density at radius 1 is 0.848 bits per heavy atom. The molecule has 4 aromatic rings. The van der Waals surface area contributed by atoms with E-state index in [0.717, 1.165) is 50.2 Å². The van der Waals surface area contributed by atoms with E-state index in [1.54, 1.807) is 12.1 Å².